The predicted molar refractivity (Wildman–Crippen MR) is 36.8 cm³/mol. The maximum Gasteiger partial charge on any atom is 0.341 e. The van der Waals surface area contributed by atoms with Gasteiger partial charge in [-0.25, -0.2) is 10.3 Å². The van der Waals surface area contributed by atoms with Gasteiger partial charge in [-0.05, 0) is 6.42 Å². The largest absolute Gasteiger partial charge is 0.343 e. The van der Waals surface area contributed by atoms with Crippen LogP contribution in [0.25, 0.3) is 0 Å². The van der Waals surface area contributed by atoms with E-state index in [2.05, 4.69) is 16.9 Å². The molecule has 10 heavy (non-hydrogen) atoms. The number of nitrogens with one attached hydrogen (secondary N) is 1. The van der Waals surface area contributed by atoms with Gasteiger partial charge in [0.25, 0.3) is 0 Å². The Labute approximate surface area is 60.0 Å². The van der Waals surface area contributed by atoms with Crippen LogP contribution in [0, 0.1) is 5.92 Å². The van der Waals surface area contributed by atoms with Crippen molar-refractivity contribution in [1.82, 2.24) is 5.48 Å². The zero-order chi connectivity index (χ0) is 7.56. The van der Waals surface area contributed by atoms with Crippen LogP contribution < -0.4 is 5.48 Å². The zero-order valence-corrected chi connectivity index (χ0v) is 6.02. The minimum Gasteiger partial charge on any atom is -0.343 e. The minimum atomic E-state index is -0.202. The SMILES string of the molecule is C=C1NOC(=O)C1CCC. The normalized spacial score (nSPS) is 24.3. The van der Waals surface area contributed by atoms with Crippen molar-refractivity contribution in [2.24, 2.45) is 5.92 Å². The molecule has 0 spiro atoms. The van der Waals surface area contributed by atoms with Crippen molar-refractivity contribution in [1.29, 1.82) is 0 Å². The first-order valence-corrected chi connectivity index (χ1v) is 3.41. The van der Waals surface area contributed by atoms with E-state index in [1.54, 1.807) is 0 Å². The first kappa shape index (κ1) is 7.12. The van der Waals surface area contributed by atoms with Crippen molar-refractivity contribution in [3.8, 4) is 0 Å². The highest BCUT2D eigenvalue weighted by atomic mass is 16.7. The highest BCUT2D eigenvalue weighted by Gasteiger charge is 2.29. The van der Waals surface area contributed by atoms with Crippen LogP contribution >= 0.6 is 0 Å². The molecule has 0 aromatic rings. The third kappa shape index (κ3) is 1.12. The van der Waals surface area contributed by atoms with E-state index in [1.807, 2.05) is 6.92 Å². The van der Waals surface area contributed by atoms with Crippen molar-refractivity contribution >= 4 is 5.97 Å². The summed E-state index contributed by atoms with van der Waals surface area (Å²) >= 11 is 0. The van der Waals surface area contributed by atoms with Gasteiger partial charge in [0.15, 0.2) is 0 Å². The van der Waals surface area contributed by atoms with Gasteiger partial charge in [-0.15, -0.1) is 0 Å². The molecule has 1 aliphatic heterocycles. The molecule has 1 fully saturated rings. The second-order valence-electron chi connectivity index (χ2n) is 2.39. The Morgan fingerprint density at radius 1 is 1.80 bits per heavy atom. The topological polar surface area (TPSA) is 38.3 Å². The standard InChI is InChI=1S/C7H11NO2/c1-3-4-6-5(2)8-10-7(6)9/h6,8H,2-4H2,1H3. The maximum absolute atomic E-state index is 10.8. The van der Waals surface area contributed by atoms with Crippen molar-refractivity contribution in [3.63, 3.8) is 0 Å². The molecule has 0 saturated carbocycles. The van der Waals surface area contributed by atoms with Crippen LogP contribution in [-0.2, 0) is 9.63 Å². The van der Waals surface area contributed by atoms with Gasteiger partial charge in [-0.3, -0.25) is 0 Å². The highest BCUT2D eigenvalue weighted by Crippen LogP contribution is 2.19. The van der Waals surface area contributed by atoms with Gasteiger partial charge in [0, 0.05) is 0 Å². The third-order valence-corrected chi connectivity index (χ3v) is 1.57. The summed E-state index contributed by atoms with van der Waals surface area (Å²) in [7, 11) is 0. The molecule has 1 unspecified atom stereocenters. The fourth-order valence-electron chi connectivity index (χ4n) is 0.981. The van der Waals surface area contributed by atoms with E-state index in [1.165, 1.54) is 0 Å². The van der Waals surface area contributed by atoms with Gasteiger partial charge in [-0.1, -0.05) is 19.9 Å². The Morgan fingerprint density at radius 2 is 2.50 bits per heavy atom. The first-order valence-electron chi connectivity index (χ1n) is 3.41. The lowest BCUT2D eigenvalue weighted by Gasteiger charge is -2.00. The summed E-state index contributed by atoms with van der Waals surface area (Å²) in [6, 6.07) is 0. The molecule has 0 aromatic heterocycles. The molecule has 0 radical (unpaired) electrons. The van der Waals surface area contributed by atoms with Gasteiger partial charge in [0.1, 0.15) is 5.92 Å². The van der Waals surface area contributed by atoms with Gasteiger partial charge < -0.3 is 4.84 Å². The van der Waals surface area contributed by atoms with Crippen molar-refractivity contribution in [2.45, 2.75) is 19.8 Å². The monoisotopic (exact) mass is 141 g/mol. The van der Waals surface area contributed by atoms with Crippen LogP contribution in [0.4, 0.5) is 0 Å². The number of carbonyl (C=O) groups is 1. The molecule has 0 aromatic carbocycles. The number of rotatable bonds is 2. The smallest absolute Gasteiger partial charge is 0.341 e. The van der Waals surface area contributed by atoms with E-state index in [4.69, 9.17) is 0 Å². The lowest BCUT2D eigenvalue weighted by molar-refractivity contribution is -0.145. The van der Waals surface area contributed by atoms with Gasteiger partial charge in [-0.2, -0.15) is 0 Å². The average molecular weight is 141 g/mol. The van der Waals surface area contributed by atoms with Crippen molar-refractivity contribution in [2.75, 3.05) is 0 Å². The minimum absolute atomic E-state index is 0.120. The number of hydroxylamine groups is 1. The Kier molecular flexibility index (Phi) is 1.94. The predicted octanol–water partition coefficient (Wildman–Crippen LogP) is 0.978. The molecule has 3 nitrogen and oxygen atoms in total. The lowest BCUT2D eigenvalue weighted by atomic mass is 10.0. The fraction of sp³-hybridized carbons (Fsp3) is 0.571. The van der Waals surface area contributed by atoms with E-state index in [9.17, 15) is 4.79 Å². The Hall–Kier alpha value is -0.990. The summed E-state index contributed by atoms with van der Waals surface area (Å²) in [5.41, 5.74) is 3.15. The van der Waals surface area contributed by atoms with E-state index >= 15 is 0 Å². The molecular formula is C7H11NO2. The molecular weight excluding hydrogens is 130 g/mol. The number of hydrogen-bond acceptors (Lipinski definition) is 3. The van der Waals surface area contributed by atoms with E-state index < -0.39 is 0 Å². The average Bonchev–Trinajstić information content (AvgIpc) is 2.20. The Balaban J connectivity index is 2.54. The van der Waals surface area contributed by atoms with Gasteiger partial charge in [0.2, 0.25) is 0 Å². The molecule has 3 heteroatoms. The molecule has 1 rings (SSSR count). The lowest BCUT2D eigenvalue weighted by Crippen LogP contribution is -2.07. The van der Waals surface area contributed by atoms with Crippen LogP contribution in [-0.4, -0.2) is 5.97 Å². The van der Waals surface area contributed by atoms with E-state index in [-0.39, 0.29) is 11.9 Å². The molecule has 1 N–H and O–H groups in total. The van der Waals surface area contributed by atoms with Crippen molar-refractivity contribution < 1.29 is 9.63 Å². The number of hydrogen-bond donors (Lipinski definition) is 1. The van der Waals surface area contributed by atoms with Crippen LogP contribution in [0.1, 0.15) is 19.8 Å². The number of carbonyl (C=O) groups excluding carboxylic acids is 1. The quantitative estimate of drug-likeness (QED) is 0.623. The zero-order valence-electron chi connectivity index (χ0n) is 6.02. The Bertz CT molecular complexity index is 149. The van der Waals surface area contributed by atoms with E-state index in [0.717, 1.165) is 12.8 Å². The highest BCUT2D eigenvalue weighted by molar-refractivity contribution is 5.77. The summed E-state index contributed by atoms with van der Waals surface area (Å²) in [6.07, 6.45) is 1.80. The Morgan fingerprint density at radius 3 is 2.90 bits per heavy atom. The molecule has 1 atom stereocenters. The third-order valence-electron chi connectivity index (χ3n) is 1.57. The maximum atomic E-state index is 10.8. The van der Waals surface area contributed by atoms with Crippen LogP contribution in [0.2, 0.25) is 0 Å². The van der Waals surface area contributed by atoms with Crippen molar-refractivity contribution in [3.05, 3.63) is 12.3 Å². The molecule has 1 saturated heterocycles. The second-order valence-corrected chi connectivity index (χ2v) is 2.39. The van der Waals surface area contributed by atoms with Crippen LogP contribution in [0.5, 0.6) is 0 Å². The summed E-state index contributed by atoms with van der Waals surface area (Å²) in [5, 5.41) is 0. The van der Waals surface area contributed by atoms with E-state index in [0.29, 0.717) is 5.70 Å². The molecule has 0 bridgehead atoms. The molecule has 0 aliphatic carbocycles. The molecule has 1 heterocycles. The summed E-state index contributed by atoms with van der Waals surface area (Å²) in [6.45, 7) is 5.67. The van der Waals surface area contributed by atoms with Gasteiger partial charge in [0.05, 0.1) is 5.70 Å². The first-order chi connectivity index (χ1) is 4.75. The molecule has 0 amide bonds. The van der Waals surface area contributed by atoms with Crippen LogP contribution in [0.3, 0.4) is 0 Å². The molecule has 1 aliphatic rings. The van der Waals surface area contributed by atoms with Gasteiger partial charge >= 0.3 is 5.97 Å². The fourth-order valence-corrected chi connectivity index (χ4v) is 0.981. The van der Waals surface area contributed by atoms with Crippen LogP contribution in [0.15, 0.2) is 12.3 Å². The molecule has 56 valence electrons. The summed E-state index contributed by atoms with van der Waals surface area (Å²) in [5.74, 6) is -0.322. The second kappa shape index (κ2) is 2.73. The summed E-state index contributed by atoms with van der Waals surface area (Å²) in [4.78, 5) is 15.4. The summed E-state index contributed by atoms with van der Waals surface area (Å²) < 4.78 is 0.